The topological polar surface area (TPSA) is 44.5 Å². The normalized spacial score (nSPS) is 19.2. The van der Waals surface area contributed by atoms with Gasteiger partial charge in [-0.2, -0.15) is 0 Å². The first-order valence-electron chi connectivity index (χ1n) is 6.13. The van der Waals surface area contributed by atoms with Gasteiger partial charge in [-0.25, -0.2) is 0 Å². The van der Waals surface area contributed by atoms with Crippen molar-refractivity contribution in [2.24, 2.45) is 5.73 Å². The van der Waals surface area contributed by atoms with Crippen LogP contribution >= 0.6 is 23.2 Å². The lowest BCUT2D eigenvalue weighted by Gasteiger charge is -2.14. The van der Waals surface area contributed by atoms with Crippen LogP contribution in [-0.2, 0) is 11.3 Å². The van der Waals surface area contributed by atoms with Gasteiger partial charge in [-0.3, -0.25) is 0 Å². The second kappa shape index (κ2) is 6.62. The summed E-state index contributed by atoms with van der Waals surface area (Å²) >= 11 is 12.0. The van der Waals surface area contributed by atoms with Crippen molar-refractivity contribution < 1.29 is 9.47 Å². The van der Waals surface area contributed by atoms with E-state index >= 15 is 0 Å². The second-order valence-electron chi connectivity index (χ2n) is 4.35. The summed E-state index contributed by atoms with van der Waals surface area (Å²) in [7, 11) is 0. The molecule has 1 aromatic carbocycles. The van der Waals surface area contributed by atoms with Gasteiger partial charge in [0.25, 0.3) is 0 Å². The van der Waals surface area contributed by atoms with E-state index in [0.717, 1.165) is 31.4 Å². The third-order valence-corrected chi connectivity index (χ3v) is 3.51. The zero-order chi connectivity index (χ0) is 13.0. The number of hydrogen-bond donors (Lipinski definition) is 1. The van der Waals surface area contributed by atoms with Gasteiger partial charge in [-0.1, -0.05) is 23.2 Å². The van der Waals surface area contributed by atoms with Crippen LogP contribution in [0.1, 0.15) is 24.8 Å². The van der Waals surface area contributed by atoms with Crippen LogP contribution in [0.4, 0.5) is 0 Å². The van der Waals surface area contributed by atoms with Gasteiger partial charge in [0.05, 0.1) is 17.7 Å². The van der Waals surface area contributed by atoms with E-state index in [0.29, 0.717) is 35.1 Å². The Morgan fingerprint density at radius 3 is 2.89 bits per heavy atom. The molecule has 1 aromatic rings. The second-order valence-corrected chi connectivity index (χ2v) is 5.20. The molecule has 3 nitrogen and oxygen atoms in total. The van der Waals surface area contributed by atoms with Gasteiger partial charge < -0.3 is 15.2 Å². The van der Waals surface area contributed by atoms with Crippen LogP contribution in [0.3, 0.4) is 0 Å². The molecular formula is C13H17Cl2NO2. The summed E-state index contributed by atoms with van der Waals surface area (Å²) in [6.45, 7) is 1.80. The Morgan fingerprint density at radius 1 is 1.39 bits per heavy atom. The standard InChI is InChI=1S/C13H17Cl2NO2/c14-10-6-9(8-16)13(12(15)7-10)18-5-3-11-2-1-4-17-11/h6-7,11H,1-5,8,16H2. The highest BCUT2D eigenvalue weighted by Crippen LogP contribution is 2.32. The fraction of sp³-hybridized carbons (Fsp3) is 0.538. The predicted molar refractivity (Wildman–Crippen MR) is 73.4 cm³/mol. The van der Waals surface area contributed by atoms with Gasteiger partial charge in [0.15, 0.2) is 0 Å². The summed E-state index contributed by atoms with van der Waals surface area (Å²) in [5.74, 6) is 0.640. The quantitative estimate of drug-likeness (QED) is 0.904. The van der Waals surface area contributed by atoms with Gasteiger partial charge >= 0.3 is 0 Å². The van der Waals surface area contributed by atoms with Gasteiger partial charge in [0, 0.05) is 30.2 Å². The Balaban J connectivity index is 1.95. The first kappa shape index (κ1) is 13.9. The maximum Gasteiger partial charge on any atom is 0.142 e. The summed E-state index contributed by atoms with van der Waals surface area (Å²) in [5, 5.41) is 1.09. The van der Waals surface area contributed by atoms with Crippen molar-refractivity contribution in [3.05, 3.63) is 27.7 Å². The maximum absolute atomic E-state index is 6.11. The molecule has 0 amide bonds. The average Bonchev–Trinajstić information content (AvgIpc) is 2.84. The molecular weight excluding hydrogens is 273 g/mol. The minimum atomic E-state index is 0.317. The van der Waals surface area contributed by atoms with Crippen molar-refractivity contribution in [1.82, 2.24) is 0 Å². The number of nitrogens with two attached hydrogens (primary N) is 1. The Bertz CT molecular complexity index is 406. The number of ether oxygens (including phenoxy) is 2. The van der Waals surface area contributed by atoms with E-state index < -0.39 is 0 Å². The molecule has 1 aliphatic rings. The lowest BCUT2D eigenvalue weighted by Crippen LogP contribution is -2.12. The minimum Gasteiger partial charge on any atom is -0.492 e. The van der Waals surface area contributed by atoms with E-state index in [-0.39, 0.29) is 0 Å². The van der Waals surface area contributed by atoms with Gasteiger partial charge in [-0.05, 0) is 25.0 Å². The molecule has 2 N–H and O–H groups in total. The molecule has 0 aromatic heterocycles. The lowest BCUT2D eigenvalue weighted by atomic mass is 10.2. The minimum absolute atomic E-state index is 0.317. The van der Waals surface area contributed by atoms with Crippen LogP contribution < -0.4 is 10.5 Å². The lowest BCUT2D eigenvalue weighted by molar-refractivity contribution is 0.0902. The predicted octanol–water partition coefficient (Wildman–Crippen LogP) is 3.40. The molecule has 0 bridgehead atoms. The van der Waals surface area contributed by atoms with Crippen molar-refractivity contribution >= 4 is 23.2 Å². The molecule has 100 valence electrons. The average molecular weight is 290 g/mol. The van der Waals surface area contributed by atoms with Gasteiger partial charge in [0.1, 0.15) is 5.75 Å². The number of halogens is 2. The van der Waals surface area contributed by atoms with Crippen LogP contribution in [0, 0.1) is 0 Å². The van der Waals surface area contributed by atoms with Crippen LogP contribution in [0.25, 0.3) is 0 Å². The first-order chi connectivity index (χ1) is 8.70. The van der Waals surface area contributed by atoms with E-state index in [9.17, 15) is 0 Å². The molecule has 0 saturated carbocycles. The third-order valence-electron chi connectivity index (χ3n) is 3.02. The molecule has 1 fully saturated rings. The molecule has 0 aliphatic carbocycles. The Morgan fingerprint density at radius 2 is 2.22 bits per heavy atom. The van der Waals surface area contributed by atoms with E-state index in [2.05, 4.69) is 0 Å². The molecule has 0 radical (unpaired) electrons. The monoisotopic (exact) mass is 289 g/mol. The fourth-order valence-corrected chi connectivity index (χ4v) is 2.68. The van der Waals surface area contributed by atoms with Crippen molar-refractivity contribution in [2.75, 3.05) is 13.2 Å². The Kier molecular flexibility index (Phi) is 5.13. The molecule has 1 saturated heterocycles. The highest BCUT2D eigenvalue weighted by atomic mass is 35.5. The number of benzene rings is 1. The zero-order valence-electron chi connectivity index (χ0n) is 10.1. The summed E-state index contributed by atoms with van der Waals surface area (Å²) in [6, 6.07) is 3.46. The Labute approximate surface area is 117 Å². The van der Waals surface area contributed by atoms with Crippen molar-refractivity contribution in [3.8, 4) is 5.75 Å². The van der Waals surface area contributed by atoms with Crippen LogP contribution in [0.15, 0.2) is 12.1 Å². The molecule has 1 heterocycles. The van der Waals surface area contributed by atoms with Gasteiger partial charge in [-0.15, -0.1) is 0 Å². The van der Waals surface area contributed by atoms with Gasteiger partial charge in [0.2, 0.25) is 0 Å². The molecule has 1 atom stereocenters. The highest BCUT2D eigenvalue weighted by Gasteiger charge is 2.16. The van der Waals surface area contributed by atoms with Crippen LogP contribution in [0.5, 0.6) is 5.75 Å². The number of rotatable bonds is 5. The fourth-order valence-electron chi connectivity index (χ4n) is 2.09. The van der Waals surface area contributed by atoms with Crippen LogP contribution in [-0.4, -0.2) is 19.3 Å². The van der Waals surface area contributed by atoms with E-state index in [4.69, 9.17) is 38.4 Å². The smallest absolute Gasteiger partial charge is 0.142 e. The summed E-state index contributed by atoms with van der Waals surface area (Å²) in [4.78, 5) is 0. The third kappa shape index (κ3) is 3.51. The molecule has 5 heteroatoms. The molecule has 2 rings (SSSR count). The van der Waals surface area contributed by atoms with E-state index in [1.54, 1.807) is 12.1 Å². The summed E-state index contributed by atoms with van der Waals surface area (Å²) < 4.78 is 11.3. The zero-order valence-corrected chi connectivity index (χ0v) is 11.6. The molecule has 1 unspecified atom stereocenters. The Hall–Kier alpha value is -0.480. The van der Waals surface area contributed by atoms with Crippen LogP contribution in [0.2, 0.25) is 10.0 Å². The maximum atomic E-state index is 6.11. The van der Waals surface area contributed by atoms with Crippen molar-refractivity contribution in [1.29, 1.82) is 0 Å². The van der Waals surface area contributed by atoms with Crippen molar-refractivity contribution in [2.45, 2.75) is 31.9 Å². The van der Waals surface area contributed by atoms with E-state index in [1.807, 2.05) is 0 Å². The number of hydrogen-bond acceptors (Lipinski definition) is 3. The molecule has 18 heavy (non-hydrogen) atoms. The molecule has 1 aliphatic heterocycles. The van der Waals surface area contributed by atoms with E-state index in [1.165, 1.54) is 0 Å². The highest BCUT2D eigenvalue weighted by molar-refractivity contribution is 6.35. The SMILES string of the molecule is NCc1cc(Cl)cc(Cl)c1OCCC1CCCO1. The van der Waals surface area contributed by atoms with Crippen molar-refractivity contribution in [3.63, 3.8) is 0 Å². The molecule has 0 spiro atoms. The largest absolute Gasteiger partial charge is 0.492 e. The summed E-state index contributed by atoms with van der Waals surface area (Å²) in [5.41, 5.74) is 6.49. The summed E-state index contributed by atoms with van der Waals surface area (Å²) in [6.07, 6.45) is 3.45. The first-order valence-corrected chi connectivity index (χ1v) is 6.88.